The van der Waals surface area contributed by atoms with E-state index in [4.69, 9.17) is 16.3 Å². The van der Waals surface area contributed by atoms with Crippen molar-refractivity contribution in [2.75, 3.05) is 57.1 Å². The molecule has 3 rings (SSSR count). The van der Waals surface area contributed by atoms with E-state index in [0.29, 0.717) is 23.7 Å². The van der Waals surface area contributed by atoms with E-state index in [1.807, 2.05) is 43.3 Å². The fourth-order valence-electron chi connectivity index (χ4n) is 3.60. The van der Waals surface area contributed by atoms with Gasteiger partial charge in [0.25, 0.3) is 0 Å². The molecular weight excluding hydrogens is 541 g/mol. The molecule has 9 heteroatoms. The Labute approximate surface area is 212 Å². The molecular formula is C23H31ClIN5O2. The number of para-hydroxylation sites is 2. The molecule has 0 aliphatic carbocycles. The molecule has 1 aliphatic heterocycles. The summed E-state index contributed by atoms with van der Waals surface area (Å²) in [5.74, 6) is 1.61. The highest BCUT2D eigenvalue weighted by Crippen LogP contribution is 2.28. The lowest BCUT2D eigenvalue weighted by Crippen LogP contribution is -2.52. The maximum atomic E-state index is 12.3. The molecule has 2 aromatic rings. The van der Waals surface area contributed by atoms with E-state index in [1.54, 1.807) is 14.2 Å². The summed E-state index contributed by atoms with van der Waals surface area (Å²) < 4.78 is 5.49. The third kappa shape index (κ3) is 6.90. The van der Waals surface area contributed by atoms with Gasteiger partial charge in [-0.3, -0.25) is 9.79 Å². The highest BCUT2D eigenvalue weighted by Gasteiger charge is 2.21. The summed E-state index contributed by atoms with van der Waals surface area (Å²) in [6, 6.07) is 13.7. The van der Waals surface area contributed by atoms with Gasteiger partial charge in [-0.15, -0.1) is 24.0 Å². The molecule has 0 atom stereocenters. The fourth-order valence-corrected chi connectivity index (χ4v) is 3.89. The predicted octanol–water partition coefficient (Wildman–Crippen LogP) is 4.00. The van der Waals surface area contributed by atoms with Crippen LogP contribution in [-0.2, 0) is 4.79 Å². The van der Waals surface area contributed by atoms with Gasteiger partial charge in [0.2, 0.25) is 5.91 Å². The van der Waals surface area contributed by atoms with Crippen LogP contribution in [0.25, 0.3) is 0 Å². The van der Waals surface area contributed by atoms with Gasteiger partial charge in [-0.2, -0.15) is 0 Å². The lowest BCUT2D eigenvalue weighted by Gasteiger charge is -2.38. The minimum Gasteiger partial charge on any atom is -0.495 e. The van der Waals surface area contributed by atoms with Crippen molar-refractivity contribution < 1.29 is 9.53 Å². The number of methoxy groups -OCH3 is 1. The zero-order valence-corrected chi connectivity index (χ0v) is 21.8. The number of piperazine rings is 1. The largest absolute Gasteiger partial charge is 0.495 e. The lowest BCUT2D eigenvalue weighted by molar-refractivity contribution is -0.116. The number of rotatable bonds is 6. The SMILES string of the molecule is CN=C(NCCC(=O)Nc1ccc(C)cc1Cl)N1CCN(c2ccccc2OC)CC1.I. The molecule has 1 saturated heterocycles. The second kappa shape index (κ2) is 12.7. The molecule has 0 unspecified atom stereocenters. The minimum absolute atomic E-state index is 0. The van der Waals surface area contributed by atoms with Crippen LogP contribution in [0.2, 0.25) is 5.02 Å². The summed E-state index contributed by atoms with van der Waals surface area (Å²) in [6.45, 7) is 5.87. The summed E-state index contributed by atoms with van der Waals surface area (Å²) in [5.41, 5.74) is 2.80. The molecule has 0 aromatic heterocycles. The predicted molar refractivity (Wildman–Crippen MR) is 143 cm³/mol. The van der Waals surface area contributed by atoms with Crippen molar-refractivity contribution in [1.82, 2.24) is 10.2 Å². The van der Waals surface area contributed by atoms with Crippen LogP contribution in [0, 0.1) is 6.92 Å². The molecule has 0 bridgehead atoms. The zero-order chi connectivity index (χ0) is 22.2. The molecule has 0 spiro atoms. The van der Waals surface area contributed by atoms with Crippen molar-refractivity contribution in [3.05, 3.63) is 53.1 Å². The van der Waals surface area contributed by atoms with Crippen LogP contribution in [0.15, 0.2) is 47.5 Å². The van der Waals surface area contributed by atoms with Gasteiger partial charge < -0.3 is 25.2 Å². The number of aryl methyl sites for hydroxylation is 1. The topological polar surface area (TPSA) is 69.2 Å². The number of anilines is 2. The van der Waals surface area contributed by atoms with Crippen molar-refractivity contribution in [1.29, 1.82) is 0 Å². The van der Waals surface area contributed by atoms with Crippen LogP contribution >= 0.6 is 35.6 Å². The molecule has 7 nitrogen and oxygen atoms in total. The van der Waals surface area contributed by atoms with Gasteiger partial charge in [-0.25, -0.2) is 0 Å². The van der Waals surface area contributed by atoms with E-state index in [0.717, 1.165) is 49.1 Å². The number of nitrogens with one attached hydrogen (secondary N) is 2. The Balaban J connectivity index is 0.00000363. The number of amides is 1. The van der Waals surface area contributed by atoms with Crippen LogP contribution in [0.5, 0.6) is 5.75 Å². The zero-order valence-electron chi connectivity index (χ0n) is 18.7. The second-order valence-corrected chi connectivity index (χ2v) is 7.81. The Kier molecular flexibility index (Phi) is 10.4. The first-order valence-electron chi connectivity index (χ1n) is 10.4. The van der Waals surface area contributed by atoms with Crippen LogP contribution in [0.1, 0.15) is 12.0 Å². The number of nitrogens with zero attached hydrogens (tertiary/aromatic N) is 3. The number of ether oxygens (including phenoxy) is 1. The average molecular weight is 572 g/mol. The van der Waals surface area contributed by atoms with Crippen molar-refractivity contribution in [3.63, 3.8) is 0 Å². The average Bonchev–Trinajstić information content (AvgIpc) is 2.79. The first kappa shape index (κ1) is 26.1. The molecule has 0 saturated carbocycles. The van der Waals surface area contributed by atoms with E-state index in [-0.39, 0.29) is 29.9 Å². The summed E-state index contributed by atoms with van der Waals surface area (Å²) in [6.07, 6.45) is 0.324. The van der Waals surface area contributed by atoms with Gasteiger partial charge in [0.1, 0.15) is 5.75 Å². The van der Waals surface area contributed by atoms with E-state index < -0.39 is 0 Å². The van der Waals surface area contributed by atoms with Crippen LogP contribution in [-0.4, -0.2) is 63.6 Å². The number of carbonyl (C=O) groups is 1. The molecule has 1 fully saturated rings. The van der Waals surface area contributed by atoms with E-state index >= 15 is 0 Å². The number of guanidine groups is 1. The molecule has 0 radical (unpaired) electrons. The Morgan fingerprint density at radius 2 is 1.88 bits per heavy atom. The Morgan fingerprint density at radius 3 is 2.53 bits per heavy atom. The summed E-state index contributed by atoms with van der Waals surface area (Å²) in [4.78, 5) is 21.2. The summed E-state index contributed by atoms with van der Waals surface area (Å²) >= 11 is 6.19. The summed E-state index contributed by atoms with van der Waals surface area (Å²) in [7, 11) is 3.46. The molecule has 174 valence electrons. The lowest BCUT2D eigenvalue weighted by atomic mass is 10.2. The number of carbonyl (C=O) groups excluding carboxylic acids is 1. The van der Waals surface area contributed by atoms with Crippen LogP contribution < -0.4 is 20.3 Å². The van der Waals surface area contributed by atoms with Crippen molar-refractivity contribution in [3.8, 4) is 5.75 Å². The highest BCUT2D eigenvalue weighted by atomic mass is 127. The number of hydrogen-bond donors (Lipinski definition) is 2. The van der Waals surface area contributed by atoms with Crippen LogP contribution in [0.3, 0.4) is 0 Å². The third-order valence-electron chi connectivity index (χ3n) is 5.25. The van der Waals surface area contributed by atoms with Crippen molar-refractivity contribution in [2.24, 2.45) is 4.99 Å². The van der Waals surface area contributed by atoms with Gasteiger partial charge in [-0.05, 0) is 36.8 Å². The van der Waals surface area contributed by atoms with Gasteiger partial charge in [-0.1, -0.05) is 29.8 Å². The van der Waals surface area contributed by atoms with Gasteiger partial charge in [0.05, 0.1) is 23.5 Å². The maximum absolute atomic E-state index is 12.3. The first-order valence-corrected chi connectivity index (χ1v) is 10.8. The number of hydrogen-bond acceptors (Lipinski definition) is 4. The van der Waals surface area contributed by atoms with Crippen LogP contribution in [0.4, 0.5) is 11.4 Å². The summed E-state index contributed by atoms with van der Waals surface area (Å²) in [5, 5.41) is 6.70. The number of benzene rings is 2. The molecule has 2 N–H and O–H groups in total. The highest BCUT2D eigenvalue weighted by molar-refractivity contribution is 14.0. The van der Waals surface area contributed by atoms with Gasteiger partial charge in [0, 0.05) is 46.2 Å². The van der Waals surface area contributed by atoms with Gasteiger partial charge >= 0.3 is 0 Å². The molecule has 1 amide bonds. The Morgan fingerprint density at radius 1 is 1.16 bits per heavy atom. The number of aliphatic imine (C=N–C) groups is 1. The first-order chi connectivity index (χ1) is 15.0. The molecule has 1 aliphatic rings. The molecule has 2 aromatic carbocycles. The molecule has 1 heterocycles. The Bertz CT molecular complexity index is 932. The van der Waals surface area contributed by atoms with E-state index in [2.05, 4.69) is 31.5 Å². The van der Waals surface area contributed by atoms with Gasteiger partial charge in [0.15, 0.2) is 5.96 Å². The third-order valence-corrected chi connectivity index (χ3v) is 5.56. The van der Waals surface area contributed by atoms with Crippen molar-refractivity contribution in [2.45, 2.75) is 13.3 Å². The minimum atomic E-state index is -0.0882. The fraction of sp³-hybridized carbons (Fsp3) is 0.391. The standard InChI is InChI=1S/C23H30ClN5O2.HI/c1-17-8-9-19(18(24)16-17)27-22(30)10-11-26-23(25-2)29-14-12-28(13-15-29)20-6-4-5-7-21(20)31-3;/h4-9,16H,10-15H2,1-3H3,(H,25,26)(H,27,30);1H. The maximum Gasteiger partial charge on any atom is 0.226 e. The van der Waals surface area contributed by atoms with E-state index in [9.17, 15) is 4.79 Å². The Hall–Kier alpha value is -2.20. The quantitative estimate of drug-likeness (QED) is 0.312. The second-order valence-electron chi connectivity index (χ2n) is 7.40. The normalized spacial score (nSPS) is 13.9. The van der Waals surface area contributed by atoms with Crippen molar-refractivity contribution >= 4 is 58.8 Å². The smallest absolute Gasteiger partial charge is 0.226 e. The monoisotopic (exact) mass is 571 g/mol. The van der Waals surface area contributed by atoms with E-state index in [1.165, 1.54) is 0 Å². The molecule has 32 heavy (non-hydrogen) atoms. The number of halogens is 2.